The number of unbranched alkanes of at least 4 members (excludes halogenated alkanes) is 1. The van der Waals surface area contributed by atoms with Gasteiger partial charge in [-0.1, -0.05) is 6.08 Å². The fourth-order valence-corrected chi connectivity index (χ4v) is 5.90. The number of nitrogens with zero attached hydrogens (tertiary/aromatic N) is 2. The molecule has 1 aromatic heterocycles. The summed E-state index contributed by atoms with van der Waals surface area (Å²) in [5.41, 5.74) is 0. The van der Waals surface area contributed by atoms with E-state index in [0.29, 0.717) is 17.3 Å². The Morgan fingerprint density at radius 1 is 1.50 bits per heavy atom. The minimum atomic E-state index is -3.49. The SMILES string of the molecule is C=CCCCN(C)C(=O)C1CCCN(S(=O)(=O)c2ccc(C)s2)C1. The van der Waals surface area contributed by atoms with E-state index >= 15 is 0 Å². The highest BCUT2D eigenvalue weighted by atomic mass is 32.2. The zero-order valence-electron chi connectivity index (χ0n) is 14.4. The molecule has 1 unspecified atom stereocenters. The van der Waals surface area contributed by atoms with Gasteiger partial charge in [-0.15, -0.1) is 17.9 Å². The Labute approximate surface area is 149 Å². The van der Waals surface area contributed by atoms with Gasteiger partial charge >= 0.3 is 0 Å². The Balaban J connectivity index is 2.03. The number of hydrogen-bond acceptors (Lipinski definition) is 4. The van der Waals surface area contributed by atoms with Crippen LogP contribution in [0, 0.1) is 12.8 Å². The molecule has 134 valence electrons. The predicted molar refractivity (Wildman–Crippen MR) is 97.6 cm³/mol. The van der Waals surface area contributed by atoms with Crippen LogP contribution in [0.4, 0.5) is 0 Å². The second-order valence-electron chi connectivity index (χ2n) is 6.26. The predicted octanol–water partition coefficient (Wildman–Crippen LogP) is 2.88. The van der Waals surface area contributed by atoms with E-state index in [0.717, 1.165) is 30.6 Å². The van der Waals surface area contributed by atoms with E-state index in [1.54, 1.807) is 18.0 Å². The maximum Gasteiger partial charge on any atom is 0.252 e. The minimum Gasteiger partial charge on any atom is -0.345 e. The summed E-state index contributed by atoms with van der Waals surface area (Å²) in [6.45, 7) is 7.03. The Morgan fingerprint density at radius 2 is 2.25 bits per heavy atom. The van der Waals surface area contributed by atoms with E-state index in [4.69, 9.17) is 0 Å². The molecule has 7 heteroatoms. The van der Waals surface area contributed by atoms with Crippen molar-refractivity contribution in [3.63, 3.8) is 0 Å². The van der Waals surface area contributed by atoms with E-state index in [2.05, 4.69) is 6.58 Å². The van der Waals surface area contributed by atoms with Gasteiger partial charge in [0.15, 0.2) is 0 Å². The maximum absolute atomic E-state index is 12.7. The molecule has 5 nitrogen and oxygen atoms in total. The number of carbonyl (C=O) groups is 1. The van der Waals surface area contributed by atoms with Crippen LogP contribution in [-0.2, 0) is 14.8 Å². The summed E-state index contributed by atoms with van der Waals surface area (Å²) in [4.78, 5) is 15.3. The largest absolute Gasteiger partial charge is 0.345 e. The topological polar surface area (TPSA) is 57.7 Å². The Morgan fingerprint density at radius 3 is 2.88 bits per heavy atom. The molecule has 24 heavy (non-hydrogen) atoms. The molecule has 0 N–H and O–H groups in total. The van der Waals surface area contributed by atoms with Crippen LogP contribution in [-0.4, -0.2) is 50.2 Å². The monoisotopic (exact) mass is 370 g/mol. The second kappa shape index (κ2) is 8.27. The van der Waals surface area contributed by atoms with E-state index in [9.17, 15) is 13.2 Å². The van der Waals surface area contributed by atoms with Crippen molar-refractivity contribution in [1.82, 2.24) is 9.21 Å². The number of amides is 1. The molecule has 0 aromatic carbocycles. The van der Waals surface area contributed by atoms with Gasteiger partial charge in [-0.3, -0.25) is 4.79 Å². The third-order valence-corrected chi connectivity index (χ3v) is 7.65. The number of allylic oxidation sites excluding steroid dienone is 1. The van der Waals surface area contributed by atoms with E-state index in [-0.39, 0.29) is 18.4 Å². The molecule has 0 spiro atoms. The first-order valence-corrected chi connectivity index (χ1v) is 10.5. The van der Waals surface area contributed by atoms with E-state index < -0.39 is 10.0 Å². The molecule has 0 saturated carbocycles. The normalized spacial score (nSPS) is 19.2. The molecule has 1 amide bonds. The molecule has 0 radical (unpaired) electrons. The number of hydrogen-bond donors (Lipinski definition) is 0. The first-order valence-electron chi connectivity index (χ1n) is 8.28. The van der Waals surface area contributed by atoms with Gasteiger partial charge in [0.05, 0.1) is 5.92 Å². The van der Waals surface area contributed by atoms with Gasteiger partial charge in [-0.2, -0.15) is 4.31 Å². The molecule has 2 heterocycles. The maximum atomic E-state index is 12.7. The molecule has 1 saturated heterocycles. The lowest BCUT2D eigenvalue weighted by Gasteiger charge is -2.33. The third-order valence-electron chi connectivity index (χ3n) is 4.32. The number of thiophene rings is 1. The van der Waals surface area contributed by atoms with Crippen molar-refractivity contribution in [3.05, 3.63) is 29.7 Å². The van der Waals surface area contributed by atoms with Crippen molar-refractivity contribution >= 4 is 27.3 Å². The van der Waals surface area contributed by atoms with E-state index in [1.165, 1.54) is 15.6 Å². The molecule has 0 bridgehead atoms. The fourth-order valence-electron chi connectivity index (χ4n) is 2.93. The average molecular weight is 371 g/mol. The summed E-state index contributed by atoms with van der Waals surface area (Å²) in [7, 11) is -1.69. The zero-order chi connectivity index (χ0) is 17.7. The molecule has 1 aliphatic heterocycles. The Bertz CT molecular complexity index is 682. The van der Waals surface area contributed by atoms with Gasteiger partial charge in [0.2, 0.25) is 5.91 Å². The molecule has 1 fully saturated rings. The fraction of sp³-hybridized carbons (Fsp3) is 0.588. The van der Waals surface area contributed by atoms with Crippen LogP contribution in [0.5, 0.6) is 0 Å². The first kappa shape index (κ1) is 19.1. The number of piperidine rings is 1. The standard InChI is InChI=1S/C17H26N2O3S2/c1-4-5-6-11-18(3)17(20)15-8-7-12-19(13-15)24(21,22)16-10-9-14(2)23-16/h4,9-10,15H,1,5-8,11-13H2,2-3H3. The average Bonchev–Trinajstić information content (AvgIpc) is 3.01. The molecule has 1 aliphatic rings. The number of sulfonamides is 1. The second-order valence-corrected chi connectivity index (χ2v) is 9.71. The van der Waals surface area contributed by atoms with Gasteiger partial charge < -0.3 is 4.90 Å². The van der Waals surface area contributed by atoms with Crippen LogP contribution in [0.3, 0.4) is 0 Å². The quantitative estimate of drug-likeness (QED) is 0.548. The van der Waals surface area contributed by atoms with Gasteiger partial charge in [-0.05, 0) is 44.7 Å². The van der Waals surface area contributed by atoms with Crippen molar-refractivity contribution in [2.24, 2.45) is 5.92 Å². The lowest BCUT2D eigenvalue weighted by molar-refractivity contribution is -0.135. The first-order chi connectivity index (χ1) is 11.4. The summed E-state index contributed by atoms with van der Waals surface area (Å²) in [5.74, 6) is -0.204. The number of carbonyl (C=O) groups excluding carboxylic acids is 1. The van der Waals surface area contributed by atoms with Crippen LogP contribution in [0.15, 0.2) is 29.0 Å². The molecule has 1 atom stereocenters. The summed E-state index contributed by atoms with van der Waals surface area (Å²) < 4.78 is 27.3. The summed E-state index contributed by atoms with van der Waals surface area (Å²) >= 11 is 1.28. The van der Waals surface area contributed by atoms with Crippen LogP contribution >= 0.6 is 11.3 Å². The minimum absolute atomic E-state index is 0.0429. The van der Waals surface area contributed by atoms with Crippen molar-refractivity contribution in [2.75, 3.05) is 26.7 Å². The molecule has 1 aromatic rings. The van der Waals surface area contributed by atoms with Crippen molar-refractivity contribution in [2.45, 2.75) is 36.8 Å². The van der Waals surface area contributed by atoms with Gasteiger partial charge in [0.25, 0.3) is 10.0 Å². The van der Waals surface area contributed by atoms with Crippen LogP contribution in [0.1, 0.15) is 30.6 Å². The lowest BCUT2D eigenvalue weighted by atomic mass is 9.98. The van der Waals surface area contributed by atoms with E-state index in [1.807, 2.05) is 19.1 Å². The molecule has 0 aliphatic carbocycles. The highest BCUT2D eigenvalue weighted by Gasteiger charge is 2.34. The van der Waals surface area contributed by atoms with Crippen molar-refractivity contribution in [1.29, 1.82) is 0 Å². The van der Waals surface area contributed by atoms with Crippen molar-refractivity contribution < 1.29 is 13.2 Å². The van der Waals surface area contributed by atoms with Crippen LogP contribution in [0.2, 0.25) is 0 Å². The van der Waals surface area contributed by atoms with Gasteiger partial charge in [-0.25, -0.2) is 8.42 Å². The zero-order valence-corrected chi connectivity index (χ0v) is 16.0. The number of aryl methyl sites for hydroxylation is 1. The van der Waals surface area contributed by atoms with Gasteiger partial charge in [0, 0.05) is 31.6 Å². The molecular formula is C17H26N2O3S2. The highest BCUT2D eigenvalue weighted by Crippen LogP contribution is 2.28. The summed E-state index contributed by atoms with van der Waals surface area (Å²) in [5, 5.41) is 0. The van der Waals surface area contributed by atoms with Crippen molar-refractivity contribution in [3.8, 4) is 0 Å². The summed E-state index contributed by atoms with van der Waals surface area (Å²) in [6.07, 6.45) is 5.08. The van der Waals surface area contributed by atoms with Gasteiger partial charge in [0.1, 0.15) is 4.21 Å². The van der Waals surface area contributed by atoms with Crippen LogP contribution < -0.4 is 0 Å². The third kappa shape index (κ3) is 4.46. The Hall–Kier alpha value is -1.18. The summed E-state index contributed by atoms with van der Waals surface area (Å²) in [6, 6.07) is 3.47. The smallest absolute Gasteiger partial charge is 0.252 e. The van der Waals surface area contributed by atoms with Crippen LogP contribution in [0.25, 0.3) is 0 Å². The number of rotatable bonds is 7. The lowest BCUT2D eigenvalue weighted by Crippen LogP contribution is -2.45. The molecular weight excluding hydrogens is 344 g/mol. The Kier molecular flexibility index (Phi) is 6.60. The highest BCUT2D eigenvalue weighted by molar-refractivity contribution is 7.91. The molecule has 2 rings (SSSR count).